The summed E-state index contributed by atoms with van der Waals surface area (Å²) in [5.41, 5.74) is 6.17. The average molecular weight is 613 g/mol. The number of rotatable bonds is 9. The number of nitrogens with two attached hydrogens (primary N) is 1. The number of anilines is 2. The first kappa shape index (κ1) is 32.2. The number of nitrogens with one attached hydrogen (secondary N) is 3. The van der Waals surface area contributed by atoms with E-state index in [1.165, 1.54) is 18.2 Å². The van der Waals surface area contributed by atoms with E-state index in [2.05, 4.69) is 10.6 Å². The second-order valence-electron chi connectivity index (χ2n) is 11.2. The molecule has 0 bridgehead atoms. The largest absolute Gasteiger partial charge is 0.507 e. The lowest BCUT2D eigenvalue weighted by molar-refractivity contribution is -0.138. The van der Waals surface area contributed by atoms with Crippen molar-refractivity contribution in [2.75, 3.05) is 17.2 Å². The summed E-state index contributed by atoms with van der Waals surface area (Å²) in [5.74, 6) is -0.906. The first-order chi connectivity index (χ1) is 20.6. The zero-order valence-corrected chi connectivity index (χ0v) is 24.9. The minimum atomic E-state index is -4.74. The third-order valence-corrected chi connectivity index (χ3v) is 7.68. The summed E-state index contributed by atoms with van der Waals surface area (Å²) < 4.78 is 53.5. The van der Waals surface area contributed by atoms with Gasteiger partial charge in [0.05, 0.1) is 24.2 Å². The molecule has 1 heterocycles. The molecule has 1 aliphatic heterocycles. The lowest BCUT2D eigenvalue weighted by Gasteiger charge is -2.37. The summed E-state index contributed by atoms with van der Waals surface area (Å²) in [4.78, 5) is 25.7. The summed E-state index contributed by atoms with van der Waals surface area (Å²) in [5, 5.41) is 22.7. The number of carbonyl (C=O) groups excluding carboxylic acids is 2. The Morgan fingerprint density at radius 2 is 1.77 bits per heavy atom. The molecule has 6 N–H and O–H groups in total. The summed E-state index contributed by atoms with van der Waals surface area (Å²) >= 11 is 0. The molecular weight excluding hydrogens is 577 g/mol. The van der Waals surface area contributed by atoms with Crippen molar-refractivity contribution in [3.8, 4) is 17.2 Å². The highest BCUT2D eigenvalue weighted by Crippen LogP contribution is 2.44. The Bertz CT molecular complexity index is 1620. The van der Waals surface area contributed by atoms with E-state index in [4.69, 9.17) is 20.6 Å². The highest BCUT2D eigenvalue weighted by Gasteiger charge is 2.39. The number of halogens is 3. The van der Waals surface area contributed by atoms with Crippen LogP contribution in [0.3, 0.4) is 0 Å². The minimum Gasteiger partial charge on any atom is -0.507 e. The Balaban J connectivity index is 1.38. The van der Waals surface area contributed by atoms with Crippen LogP contribution in [0.1, 0.15) is 75.6 Å². The van der Waals surface area contributed by atoms with Gasteiger partial charge in [-0.15, -0.1) is 0 Å². The number of guanidine groups is 1. The molecule has 3 aromatic rings. The van der Waals surface area contributed by atoms with E-state index in [1.54, 1.807) is 32.9 Å². The standard InChI is InChI=1S/C32H35F3N4O5/c1-17-18(2)28-26(19(3)27(17)41)24(40)16-31(4,44-28)12-5-6-13-43-25-11-10-22(15-23(25)32(33,34)35)38-29(42)20-8-7-9-21(14-20)39-30(36)37/h7-11,14-15,41H,5-6,12-13,16H2,1-4H3,(H,38,42)(H4,36,37,39). The Kier molecular flexibility index (Phi) is 9.12. The van der Waals surface area contributed by atoms with Gasteiger partial charge in [0, 0.05) is 22.5 Å². The summed E-state index contributed by atoms with van der Waals surface area (Å²) in [6.07, 6.45) is -3.21. The SMILES string of the molecule is Cc1c(C)c2c(c(C)c1O)C(=O)CC(C)(CCCCOc1ccc(NC(=O)c3cccc(NC(=N)N)c3)cc1C(F)(F)F)O2. The molecule has 1 amide bonds. The number of aromatic hydroxyl groups is 1. The van der Waals surface area contributed by atoms with Crippen LogP contribution < -0.4 is 25.8 Å². The van der Waals surface area contributed by atoms with Crippen LogP contribution in [-0.2, 0) is 6.18 Å². The van der Waals surface area contributed by atoms with Gasteiger partial charge in [-0.2, -0.15) is 13.2 Å². The van der Waals surface area contributed by atoms with Gasteiger partial charge in [-0.25, -0.2) is 0 Å². The predicted octanol–water partition coefficient (Wildman–Crippen LogP) is 6.87. The topological polar surface area (TPSA) is 147 Å². The number of alkyl halides is 3. The van der Waals surface area contributed by atoms with Gasteiger partial charge in [0.1, 0.15) is 22.8 Å². The lowest BCUT2D eigenvalue weighted by atomic mass is 9.84. The monoisotopic (exact) mass is 612 g/mol. The first-order valence-electron chi connectivity index (χ1n) is 14.0. The maximum atomic E-state index is 13.9. The molecule has 0 aromatic heterocycles. The van der Waals surface area contributed by atoms with Crippen molar-refractivity contribution in [1.82, 2.24) is 0 Å². The number of ketones is 1. The molecule has 1 unspecified atom stereocenters. The van der Waals surface area contributed by atoms with Crippen molar-refractivity contribution in [2.45, 2.75) is 65.2 Å². The molecule has 0 fully saturated rings. The van der Waals surface area contributed by atoms with E-state index in [0.29, 0.717) is 53.0 Å². The van der Waals surface area contributed by atoms with Gasteiger partial charge in [-0.05, 0) is 94.5 Å². The number of fused-ring (bicyclic) bond motifs is 1. The normalized spacial score (nSPS) is 16.1. The zero-order valence-electron chi connectivity index (χ0n) is 24.9. The van der Waals surface area contributed by atoms with E-state index in [1.807, 2.05) is 6.92 Å². The van der Waals surface area contributed by atoms with E-state index in [-0.39, 0.29) is 47.5 Å². The van der Waals surface area contributed by atoms with Gasteiger partial charge >= 0.3 is 6.18 Å². The van der Waals surface area contributed by atoms with Crippen LogP contribution in [0, 0.1) is 26.2 Å². The minimum absolute atomic E-state index is 0.00352. The van der Waals surface area contributed by atoms with Gasteiger partial charge in [-0.1, -0.05) is 6.07 Å². The number of phenolic OH excluding ortho intramolecular Hbond substituents is 1. The molecule has 4 rings (SSSR count). The number of Topliss-reactive ketones (excluding diaryl/α,β-unsaturated/α-hetero) is 1. The third kappa shape index (κ3) is 7.07. The number of ether oxygens (including phenoxy) is 2. The summed E-state index contributed by atoms with van der Waals surface area (Å²) in [7, 11) is 0. The second-order valence-corrected chi connectivity index (χ2v) is 11.2. The maximum Gasteiger partial charge on any atom is 0.420 e. The molecule has 12 heteroatoms. The van der Waals surface area contributed by atoms with E-state index in [0.717, 1.165) is 12.1 Å². The molecule has 9 nitrogen and oxygen atoms in total. The molecule has 1 atom stereocenters. The van der Waals surface area contributed by atoms with Crippen LogP contribution in [-0.4, -0.2) is 35.0 Å². The molecule has 0 aliphatic carbocycles. The fraction of sp³-hybridized carbons (Fsp3) is 0.344. The fourth-order valence-corrected chi connectivity index (χ4v) is 5.25. The van der Waals surface area contributed by atoms with Gasteiger partial charge < -0.3 is 30.9 Å². The van der Waals surface area contributed by atoms with Crippen molar-refractivity contribution >= 4 is 29.0 Å². The van der Waals surface area contributed by atoms with Crippen molar-refractivity contribution < 1.29 is 37.3 Å². The van der Waals surface area contributed by atoms with Crippen LogP contribution in [0.15, 0.2) is 42.5 Å². The van der Waals surface area contributed by atoms with Crippen LogP contribution in [0.5, 0.6) is 17.2 Å². The van der Waals surface area contributed by atoms with Crippen molar-refractivity contribution in [3.05, 3.63) is 75.8 Å². The Morgan fingerprint density at radius 1 is 1.07 bits per heavy atom. The first-order valence-corrected chi connectivity index (χ1v) is 14.0. The molecule has 44 heavy (non-hydrogen) atoms. The molecule has 0 saturated carbocycles. The molecular formula is C32H35F3N4O5. The predicted molar refractivity (Wildman–Crippen MR) is 161 cm³/mol. The van der Waals surface area contributed by atoms with Crippen molar-refractivity contribution in [1.29, 1.82) is 5.41 Å². The molecule has 0 radical (unpaired) electrons. The fourth-order valence-electron chi connectivity index (χ4n) is 5.25. The lowest BCUT2D eigenvalue weighted by Crippen LogP contribution is -2.40. The summed E-state index contributed by atoms with van der Waals surface area (Å²) in [6, 6.07) is 9.33. The van der Waals surface area contributed by atoms with Crippen LogP contribution in [0.25, 0.3) is 0 Å². The molecule has 0 saturated heterocycles. The third-order valence-electron chi connectivity index (χ3n) is 7.68. The van der Waals surface area contributed by atoms with Gasteiger partial charge in [0.25, 0.3) is 5.91 Å². The highest BCUT2D eigenvalue weighted by atomic mass is 19.4. The number of carbonyl (C=O) groups is 2. The number of phenols is 1. The quantitative estimate of drug-likeness (QED) is 0.101. The smallest absolute Gasteiger partial charge is 0.420 e. The highest BCUT2D eigenvalue weighted by molar-refractivity contribution is 6.05. The average Bonchev–Trinajstić information content (AvgIpc) is 2.94. The van der Waals surface area contributed by atoms with Gasteiger partial charge in [-0.3, -0.25) is 15.0 Å². The molecule has 234 valence electrons. The van der Waals surface area contributed by atoms with Crippen molar-refractivity contribution in [2.24, 2.45) is 5.73 Å². The van der Waals surface area contributed by atoms with Crippen LogP contribution >= 0.6 is 0 Å². The van der Waals surface area contributed by atoms with Crippen LogP contribution in [0.2, 0.25) is 0 Å². The maximum absolute atomic E-state index is 13.9. The van der Waals surface area contributed by atoms with Gasteiger partial charge in [0.15, 0.2) is 11.7 Å². The molecule has 1 aliphatic rings. The Morgan fingerprint density at radius 3 is 2.45 bits per heavy atom. The number of benzene rings is 3. The second kappa shape index (κ2) is 12.5. The van der Waals surface area contributed by atoms with Crippen molar-refractivity contribution in [3.63, 3.8) is 0 Å². The van der Waals surface area contributed by atoms with E-state index in [9.17, 15) is 27.9 Å². The number of hydrogen-bond donors (Lipinski definition) is 5. The molecule has 0 spiro atoms. The molecule has 3 aromatic carbocycles. The summed E-state index contributed by atoms with van der Waals surface area (Å²) in [6.45, 7) is 7.07. The number of amides is 1. The number of unbranched alkanes of at least 4 members (excludes halogenated alkanes) is 1. The van der Waals surface area contributed by atoms with E-state index < -0.39 is 23.2 Å². The Labute approximate surface area is 253 Å². The van der Waals surface area contributed by atoms with E-state index >= 15 is 0 Å². The zero-order chi connectivity index (χ0) is 32.4. The Hall–Kier alpha value is -4.74. The van der Waals surface area contributed by atoms with Gasteiger partial charge in [0.2, 0.25) is 0 Å². The number of hydrogen-bond acceptors (Lipinski definition) is 6. The van der Waals surface area contributed by atoms with Crippen LogP contribution in [0.4, 0.5) is 24.5 Å².